The van der Waals surface area contributed by atoms with Crippen molar-refractivity contribution in [1.82, 2.24) is 0 Å². The highest BCUT2D eigenvalue weighted by Gasteiger charge is 2.31. The average Bonchev–Trinajstić information content (AvgIpc) is 2.49. The molecule has 0 heterocycles. The SMILES string of the molecule is CC[Si](CC)(CC)OC(=CCc1ccccc1)OC. The van der Waals surface area contributed by atoms with Crippen molar-refractivity contribution < 1.29 is 9.16 Å². The molecule has 0 aliphatic heterocycles. The molecule has 0 aliphatic rings. The Hall–Kier alpha value is -1.22. The van der Waals surface area contributed by atoms with Gasteiger partial charge in [-0.25, -0.2) is 0 Å². The van der Waals surface area contributed by atoms with Gasteiger partial charge in [0.05, 0.1) is 7.11 Å². The minimum atomic E-state index is -1.63. The van der Waals surface area contributed by atoms with E-state index < -0.39 is 8.32 Å². The Labute approximate surface area is 118 Å². The number of hydrogen-bond acceptors (Lipinski definition) is 2. The van der Waals surface area contributed by atoms with Crippen LogP contribution in [0.5, 0.6) is 0 Å². The molecule has 0 spiro atoms. The molecular weight excluding hydrogens is 252 g/mol. The van der Waals surface area contributed by atoms with Crippen LogP contribution in [0.15, 0.2) is 42.4 Å². The van der Waals surface area contributed by atoms with Crippen molar-refractivity contribution in [2.75, 3.05) is 7.11 Å². The summed E-state index contributed by atoms with van der Waals surface area (Å²) in [6, 6.07) is 13.8. The first-order valence-electron chi connectivity index (χ1n) is 7.16. The first-order chi connectivity index (χ1) is 9.19. The van der Waals surface area contributed by atoms with E-state index in [1.807, 2.05) is 6.07 Å². The van der Waals surface area contributed by atoms with Gasteiger partial charge in [-0.1, -0.05) is 51.1 Å². The second-order valence-corrected chi connectivity index (χ2v) is 9.45. The predicted molar refractivity (Wildman–Crippen MR) is 83.5 cm³/mol. The number of ether oxygens (including phenoxy) is 1. The zero-order valence-electron chi connectivity index (χ0n) is 12.6. The number of allylic oxidation sites excluding steroid dienone is 1. The van der Waals surface area contributed by atoms with Gasteiger partial charge in [-0.3, -0.25) is 0 Å². The highest BCUT2D eigenvalue weighted by Crippen LogP contribution is 2.25. The van der Waals surface area contributed by atoms with E-state index in [4.69, 9.17) is 9.16 Å². The molecule has 0 saturated heterocycles. The second kappa shape index (κ2) is 8.05. The highest BCUT2D eigenvalue weighted by atomic mass is 28.4. The fraction of sp³-hybridized carbons (Fsp3) is 0.500. The third kappa shape index (κ3) is 4.75. The molecule has 0 unspecified atom stereocenters. The van der Waals surface area contributed by atoms with Crippen LogP contribution in [0, 0.1) is 0 Å². The maximum Gasteiger partial charge on any atom is 0.261 e. The fourth-order valence-corrected chi connectivity index (χ4v) is 4.69. The molecule has 106 valence electrons. The van der Waals surface area contributed by atoms with Crippen molar-refractivity contribution in [3.63, 3.8) is 0 Å². The molecule has 1 rings (SSSR count). The molecule has 0 atom stereocenters. The van der Waals surface area contributed by atoms with Gasteiger partial charge in [0.2, 0.25) is 0 Å². The molecule has 0 aromatic heterocycles. The lowest BCUT2D eigenvalue weighted by Gasteiger charge is -2.29. The van der Waals surface area contributed by atoms with E-state index in [0.717, 1.165) is 24.6 Å². The van der Waals surface area contributed by atoms with Gasteiger partial charge in [0, 0.05) is 0 Å². The van der Waals surface area contributed by atoms with E-state index in [0.29, 0.717) is 5.95 Å². The molecule has 0 bridgehead atoms. The molecule has 3 heteroatoms. The minimum absolute atomic E-state index is 0.695. The van der Waals surface area contributed by atoms with E-state index in [9.17, 15) is 0 Å². The highest BCUT2D eigenvalue weighted by molar-refractivity contribution is 6.73. The molecular formula is C16H26O2Si. The molecule has 0 radical (unpaired) electrons. The van der Waals surface area contributed by atoms with Crippen molar-refractivity contribution in [2.45, 2.75) is 45.3 Å². The van der Waals surface area contributed by atoms with Gasteiger partial charge in [-0.05, 0) is 36.2 Å². The molecule has 0 N–H and O–H groups in total. The molecule has 2 nitrogen and oxygen atoms in total. The van der Waals surface area contributed by atoms with Gasteiger partial charge >= 0.3 is 0 Å². The van der Waals surface area contributed by atoms with Gasteiger partial charge in [0.15, 0.2) is 0 Å². The number of hydrogen-bond donors (Lipinski definition) is 0. The quantitative estimate of drug-likeness (QED) is 0.505. The smallest absolute Gasteiger partial charge is 0.261 e. The van der Waals surface area contributed by atoms with Crippen LogP contribution in [-0.2, 0) is 15.6 Å². The monoisotopic (exact) mass is 278 g/mol. The molecule has 19 heavy (non-hydrogen) atoms. The van der Waals surface area contributed by atoms with Crippen molar-refractivity contribution in [1.29, 1.82) is 0 Å². The Kier molecular flexibility index (Phi) is 6.71. The van der Waals surface area contributed by atoms with Crippen LogP contribution in [0.1, 0.15) is 26.3 Å². The summed E-state index contributed by atoms with van der Waals surface area (Å²) >= 11 is 0. The van der Waals surface area contributed by atoms with E-state index in [1.54, 1.807) is 7.11 Å². The summed E-state index contributed by atoms with van der Waals surface area (Å²) in [5.74, 6) is 0.695. The molecule has 0 fully saturated rings. The van der Waals surface area contributed by atoms with Crippen molar-refractivity contribution in [2.24, 2.45) is 0 Å². The van der Waals surface area contributed by atoms with Gasteiger partial charge in [-0.2, -0.15) is 0 Å². The van der Waals surface area contributed by atoms with Crippen LogP contribution >= 0.6 is 0 Å². The van der Waals surface area contributed by atoms with Crippen LogP contribution in [-0.4, -0.2) is 15.4 Å². The lowest BCUT2D eigenvalue weighted by molar-refractivity contribution is 0.142. The summed E-state index contributed by atoms with van der Waals surface area (Å²) < 4.78 is 11.6. The van der Waals surface area contributed by atoms with Gasteiger partial charge in [0.1, 0.15) is 0 Å². The second-order valence-electron chi connectivity index (χ2n) is 4.76. The zero-order chi connectivity index (χ0) is 14.1. The molecule has 0 saturated carbocycles. The molecule has 1 aromatic rings. The lowest BCUT2D eigenvalue weighted by atomic mass is 10.1. The first kappa shape index (κ1) is 15.8. The lowest BCUT2D eigenvalue weighted by Crippen LogP contribution is -2.35. The van der Waals surface area contributed by atoms with Gasteiger partial charge in [0.25, 0.3) is 14.3 Å². The van der Waals surface area contributed by atoms with Gasteiger partial charge < -0.3 is 9.16 Å². The van der Waals surface area contributed by atoms with Gasteiger partial charge in [-0.15, -0.1) is 0 Å². The average molecular weight is 278 g/mol. The van der Waals surface area contributed by atoms with E-state index in [-0.39, 0.29) is 0 Å². The summed E-state index contributed by atoms with van der Waals surface area (Å²) in [5, 5.41) is 0. The minimum Gasteiger partial charge on any atom is -0.519 e. The largest absolute Gasteiger partial charge is 0.519 e. The van der Waals surface area contributed by atoms with Crippen LogP contribution < -0.4 is 0 Å². The van der Waals surface area contributed by atoms with Crippen molar-refractivity contribution in [3.05, 3.63) is 47.9 Å². The number of methoxy groups -OCH3 is 1. The summed E-state index contributed by atoms with van der Waals surface area (Å²) in [6.45, 7) is 6.68. The summed E-state index contributed by atoms with van der Waals surface area (Å²) in [4.78, 5) is 0. The molecule has 1 aromatic carbocycles. The fourth-order valence-electron chi connectivity index (χ4n) is 2.16. The summed E-state index contributed by atoms with van der Waals surface area (Å²) in [5.41, 5.74) is 1.28. The summed E-state index contributed by atoms with van der Waals surface area (Å²) in [7, 11) is 0.0585. The number of rotatable bonds is 8. The van der Waals surface area contributed by atoms with Crippen LogP contribution in [0.4, 0.5) is 0 Å². The Morgan fingerprint density at radius 2 is 1.63 bits per heavy atom. The maximum atomic E-state index is 6.23. The third-order valence-electron chi connectivity index (χ3n) is 3.80. The van der Waals surface area contributed by atoms with E-state index >= 15 is 0 Å². The Morgan fingerprint density at radius 3 is 2.11 bits per heavy atom. The van der Waals surface area contributed by atoms with E-state index in [2.05, 4.69) is 51.1 Å². The van der Waals surface area contributed by atoms with Crippen molar-refractivity contribution >= 4 is 8.32 Å². The number of benzene rings is 1. The van der Waals surface area contributed by atoms with Crippen molar-refractivity contribution in [3.8, 4) is 0 Å². The predicted octanol–water partition coefficient (Wildman–Crippen LogP) is 4.74. The molecule has 0 aliphatic carbocycles. The van der Waals surface area contributed by atoms with E-state index in [1.165, 1.54) is 5.56 Å². The third-order valence-corrected chi connectivity index (χ3v) is 8.30. The Bertz CT molecular complexity index is 375. The standard InChI is InChI=1S/C16H26O2Si/c1-5-19(6-2,7-3)18-16(17-4)14-13-15-11-9-8-10-12-15/h8-12,14H,5-7,13H2,1-4H3. The Balaban J connectivity index is 2.72. The van der Waals surface area contributed by atoms with Crippen LogP contribution in [0.25, 0.3) is 0 Å². The van der Waals surface area contributed by atoms with Crippen LogP contribution in [0.3, 0.4) is 0 Å². The zero-order valence-corrected chi connectivity index (χ0v) is 13.6. The first-order valence-corrected chi connectivity index (χ1v) is 9.69. The van der Waals surface area contributed by atoms with Crippen LogP contribution in [0.2, 0.25) is 18.1 Å². The normalized spacial score (nSPS) is 12.3. The molecule has 0 amide bonds. The maximum absolute atomic E-state index is 6.23. The Morgan fingerprint density at radius 1 is 1.05 bits per heavy atom. The topological polar surface area (TPSA) is 18.5 Å². The summed E-state index contributed by atoms with van der Waals surface area (Å²) in [6.07, 6.45) is 2.91.